The third-order valence-electron chi connectivity index (χ3n) is 2.46. The Hall–Kier alpha value is -1.58. The average molecular weight is 193 g/mol. The van der Waals surface area contributed by atoms with E-state index in [0.29, 0.717) is 5.75 Å². The minimum Gasteiger partial charge on any atom is -0.483 e. The van der Waals surface area contributed by atoms with Crippen LogP contribution in [-0.4, -0.2) is 11.0 Å². The molecule has 0 radical (unpaired) electrons. The summed E-state index contributed by atoms with van der Waals surface area (Å²) in [5, 5.41) is 10.7. The van der Waals surface area contributed by atoms with Gasteiger partial charge in [-0.25, -0.2) is 0 Å². The first-order chi connectivity index (χ1) is 6.72. The van der Waals surface area contributed by atoms with E-state index in [1.165, 1.54) is 6.07 Å². The molecule has 1 aliphatic rings. The molecule has 2 rings (SSSR count). The molecular weight excluding hydrogens is 182 g/mol. The molecule has 0 fully saturated rings. The van der Waals surface area contributed by atoms with E-state index in [1.807, 2.05) is 13.0 Å². The van der Waals surface area contributed by atoms with Crippen LogP contribution in [0.5, 0.6) is 5.75 Å². The molecule has 0 saturated carbocycles. The van der Waals surface area contributed by atoms with Crippen LogP contribution < -0.4 is 4.74 Å². The number of nitro groups is 1. The van der Waals surface area contributed by atoms with E-state index < -0.39 is 4.92 Å². The summed E-state index contributed by atoms with van der Waals surface area (Å²) in [6.07, 6.45) is 1.77. The quantitative estimate of drug-likeness (QED) is 0.535. The maximum absolute atomic E-state index is 10.7. The Morgan fingerprint density at radius 1 is 1.64 bits per heavy atom. The standard InChI is InChI=1S/C10H11NO3/c1-2-8-6-7-4-3-5-9(11(12)13)10(7)14-8/h3-5,8H,2,6H2,1H3. The lowest BCUT2D eigenvalue weighted by Crippen LogP contribution is -2.10. The van der Waals surface area contributed by atoms with Crippen LogP contribution in [0.2, 0.25) is 0 Å². The number of hydrogen-bond acceptors (Lipinski definition) is 3. The van der Waals surface area contributed by atoms with E-state index in [1.54, 1.807) is 6.07 Å². The number of fused-ring (bicyclic) bond motifs is 1. The van der Waals surface area contributed by atoms with Gasteiger partial charge in [-0.3, -0.25) is 10.1 Å². The monoisotopic (exact) mass is 193 g/mol. The van der Waals surface area contributed by atoms with E-state index in [2.05, 4.69) is 0 Å². The van der Waals surface area contributed by atoms with Crippen molar-refractivity contribution in [3.63, 3.8) is 0 Å². The molecule has 0 amide bonds. The van der Waals surface area contributed by atoms with Gasteiger partial charge in [0, 0.05) is 18.1 Å². The summed E-state index contributed by atoms with van der Waals surface area (Å²) in [6.45, 7) is 2.02. The van der Waals surface area contributed by atoms with Gasteiger partial charge >= 0.3 is 5.69 Å². The van der Waals surface area contributed by atoms with E-state index in [-0.39, 0.29) is 11.8 Å². The predicted octanol–water partition coefficient (Wildman–Crippen LogP) is 2.31. The molecular formula is C10H11NO3. The number of para-hydroxylation sites is 1. The number of rotatable bonds is 2. The van der Waals surface area contributed by atoms with Crippen LogP contribution in [-0.2, 0) is 6.42 Å². The fourth-order valence-corrected chi connectivity index (χ4v) is 1.69. The second kappa shape index (κ2) is 3.29. The number of ether oxygens (including phenoxy) is 1. The van der Waals surface area contributed by atoms with Crippen LogP contribution in [0, 0.1) is 10.1 Å². The van der Waals surface area contributed by atoms with Gasteiger partial charge in [0.25, 0.3) is 0 Å². The highest BCUT2D eigenvalue weighted by Gasteiger charge is 2.28. The van der Waals surface area contributed by atoms with Gasteiger partial charge in [0.1, 0.15) is 6.10 Å². The zero-order chi connectivity index (χ0) is 10.1. The first-order valence-corrected chi connectivity index (χ1v) is 4.65. The second-order valence-corrected chi connectivity index (χ2v) is 3.37. The molecule has 1 aromatic rings. The fourth-order valence-electron chi connectivity index (χ4n) is 1.69. The molecule has 0 N–H and O–H groups in total. The minimum atomic E-state index is -0.392. The van der Waals surface area contributed by atoms with Crippen molar-refractivity contribution in [2.45, 2.75) is 25.9 Å². The summed E-state index contributed by atoms with van der Waals surface area (Å²) in [7, 11) is 0. The lowest BCUT2D eigenvalue weighted by molar-refractivity contribution is -0.385. The van der Waals surface area contributed by atoms with Gasteiger partial charge in [0.15, 0.2) is 0 Å². The molecule has 1 heterocycles. The molecule has 4 nitrogen and oxygen atoms in total. The SMILES string of the molecule is CCC1Cc2cccc([N+](=O)[O-])c2O1. The summed E-state index contributed by atoms with van der Waals surface area (Å²) in [5.74, 6) is 0.462. The highest BCUT2D eigenvalue weighted by molar-refractivity contribution is 5.53. The largest absolute Gasteiger partial charge is 0.483 e. The zero-order valence-corrected chi connectivity index (χ0v) is 7.90. The van der Waals surface area contributed by atoms with E-state index in [4.69, 9.17) is 4.74 Å². The lowest BCUT2D eigenvalue weighted by atomic mass is 10.1. The fraction of sp³-hybridized carbons (Fsp3) is 0.400. The maximum Gasteiger partial charge on any atom is 0.311 e. The van der Waals surface area contributed by atoms with Crippen molar-refractivity contribution < 1.29 is 9.66 Å². The third kappa shape index (κ3) is 1.32. The first kappa shape index (κ1) is 8.99. The Labute approximate surface area is 81.7 Å². The van der Waals surface area contributed by atoms with Crippen molar-refractivity contribution >= 4 is 5.69 Å². The summed E-state index contributed by atoms with van der Waals surface area (Å²) < 4.78 is 5.51. The van der Waals surface area contributed by atoms with Crippen LogP contribution in [0.15, 0.2) is 18.2 Å². The summed E-state index contributed by atoms with van der Waals surface area (Å²) >= 11 is 0. The number of nitro benzene ring substituents is 1. The van der Waals surface area contributed by atoms with Gasteiger partial charge in [-0.2, -0.15) is 0 Å². The smallest absolute Gasteiger partial charge is 0.311 e. The van der Waals surface area contributed by atoms with Crippen molar-refractivity contribution in [3.8, 4) is 5.75 Å². The number of benzene rings is 1. The Bertz CT molecular complexity index is 376. The van der Waals surface area contributed by atoms with Gasteiger partial charge in [0.2, 0.25) is 5.75 Å². The van der Waals surface area contributed by atoms with Crippen LogP contribution >= 0.6 is 0 Å². The molecule has 74 valence electrons. The molecule has 0 saturated heterocycles. The van der Waals surface area contributed by atoms with Crippen molar-refractivity contribution in [2.24, 2.45) is 0 Å². The highest BCUT2D eigenvalue weighted by Crippen LogP contribution is 2.37. The summed E-state index contributed by atoms with van der Waals surface area (Å²) in [6, 6.07) is 5.08. The van der Waals surface area contributed by atoms with Crippen molar-refractivity contribution in [1.29, 1.82) is 0 Å². The molecule has 0 aliphatic carbocycles. The molecule has 1 aliphatic heterocycles. The Morgan fingerprint density at radius 3 is 3.07 bits per heavy atom. The van der Waals surface area contributed by atoms with Gasteiger partial charge in [-0.05, 0) is 6.42 Å². The van der Waals surface area contributed by atoms with Gasteiger partial charge in [-0.1, -0.05) is 19.1 Å². The van der Waals surface area contributed by atoms with Crippen LogP contribution in [0.25, 0.3) is 0 Å². The molecule has 0 aromatic heterocycles. The molecule has 4 heteroatoms. The summed E-state index contributed by atoms with van der Waals surface area (Å²) in [4.78, 5) is 10.3. The Morgan fingerprint density at radius 2 is 2.43 bits per heavy atom. The molecule has 1 atom stereocenters. The van der Waals surface area contributed by atoms with E-state index in [9.17, 15) is 10.1 Å². The van der Waals surface area contributed by atoms with Gasteiger partial charge < -0.3 is 4.74 Å². The molecule has 14 heavy (non-hydrogen) atoms. The lowest BCUT2D eigenvalue weighted by Gasteiger charge is -2.05. The highest BCUT2D eigenvalue weighted by atomic mass is 16.6. The van der Waals surface area contributed by atoms with Crippen LogP contribution in [0.3, 0.4) is 0 Å². The topological polar surface area (TPSA) is 52.4 Å². The number of hydrogen-bond donors (Lipinski definition) is 0. The van der Waals surface area contributed by atoms with E-state index in [0.717, 1.165) is 18.4 Å². The Balaban J connectivity index is 2.41. The average Bonchev–Trinajstić information content (AvgIpc) is 2.59. The normalized spacial score (nSPS) is 18.8. The van der Waals surface area contributed by atoms with Crippen molar-refractivity contribution in [2.75, 3.05) is 0 Å². The van der Waals surface area contributed by atoms with Crippen LogP contribution in [0.1, 0.15) is 18.9 Å². The molecule has 0 bridgehead atoms. The number of nitrogens with zero attached hydrogens (tertiary/aromatic N) is 1. The predicted molar refractivity (Wildman–Crippen MR) is 51.5 cm³/mol. The van der Waals surface area contributed by atoms with Crippen LogP contribution in [0.4, 0.5) is 5.69 Å². The Kier molecular flexibility index (Phi) is 2.11. The van der Waals surface area contributed by atoms with Crippen molar-refractivity contribution in [1.82, 2.24) is 0 Å². The maximum atomic E-state index is 10.7. The second-order valence-electron chi connectivity index (χ2n) is 3.37. The summed E-state index contributed by atoms with van der Waals surface area (Å²) in [5.41, 5.74) is 1.03. The zero-order valence-electron chi connectivity index (χ0n) is 7.90. The minimum absolute atomic E-state index is 0.0819. The molecule has 1 aromatic carbocycles. The third-order valence-corrected chi connectivity index (χ3v) is 2.46. The van der Waals surface area contributed by atoms with E-state index >= 15 is 0 Å². The van der Waals surface area contributed by atoms with Gasteiger partial charge in [0.05, 0.1) is 4.92 Å². The first-order valence-electron chi connectivity index (χ1n) is 4.65. The molecule has 0 spiro atoms. The molecule has 1 unspecified atom stereocenters. The van der Waals surface area contributed by atoms with Gasteiger partial charge in [-0.15, -0.1) is 0 Å². The van der Waals surface area contributed by atoms with Crippen molar-refractivity contribution in [3.05, 3.63) is 33.9 Å².